The molecule has 0 saturated heterocycles. The number of para-hydroxylation sites is 2. The minimum atomic E-state index is 0.571. The Balaban J connectivity index is 1.89. The molecule has 1 aromatic carbocycles. The van der Waals surface area contributed by atoms with E-state index in [2.05, 4.69) is 27.7 Å². The van der Waals surface area contributed by atoms with Crippen LogP contribution in [0.5, 0.6) is 11.5 Å². The van der Waals surface area contributed by atoms with E-state index < -0.39 is 0 Å². The first-order valence-electron chi connectivity index (χ1n) is 5.82. The van der Waals surface area contributed by atoms with Gasteiger partial charge in [-0.05, 0) is 41.6 Å². The van der Waals surface area contributed by atoms with Crippen LogP contribution < -0.4 is 9.47 Å². The first-order chi connectivity index (χ1) is 8.79. The lowest BCUT2D eigenvalue weighted by atomic mass is 10.3. The second kappa shape index (κ2) is 6.63. The van der Waals surface area contributed by atoms with Gasteiger partial charge in [0.15, 0.2) is 11.5 Å². The molecule has 0 aliphatic rings. The van der Waals surface area contributed by atoms with Gasteiger partial charge in [-0.2, -0.15) is 5.10 Å². The van der Waals surface area contributed by atoms with E-state index in [-0.39, 0.29) is 0 Å². The molecular weight excluding hydrogens is 343 g/mol. The monoisotopic (exact) mass is 358 g/mol. The predicted octanol–water partition coefficient (Wildman–Crippen LogP) is 2.97. The Labute approximate surface area is 120 Å². The van der Waals surface area contributed by atoms with E-state index in [1.807, 2.05) is 48.3 Å². The van der Waals surface area contributed by atoms with Gasteiger partial charge in [0, 0.05) is 6.20 Å². The van der Waals surface area contributed by atoms with Gasteiger partial charge >= 0.3 is 0 Å². The van der Waals surface area contributed by atoms with Gasteiger partial charge in [0.2, 0.25) is 0 Å². The molecular formula is C13H15IN2O2. The van der Waals surface area contributed by atoms with Crippen LogP contribution in [0.25, 0.3) is 0 Å². The normalized spacial score (nSPS) is 10.3. The molecule has 0 fully saturated rings. The van der Waals surface area contributed by atoms with Crippen molar-refractivity contribution in [3.05, 3.63) is 40.2 Å². The number of benzene rings is 1. The zero-order valence-corrected chi connectivity index (χ0v) is 12.3. The highest BCUT2D eigenvalue weighted by Gasteiger charge is 2.03. The molecule has 0 N–H and O–H groups in total. The summed E-state index contributed by atoms with van der Waals surface area (Å²) in [5, 5.41) is 4.20. The highest BCUT2D eigenvalue weighted by Crippen LogP contribution is 2.26. The minimum Gasteiger partial charge on any atom is -0.490 e. The molecule has 96 valence electrons. The van der Waals surface area contributed by atoms with Crippen molar-refractivity contribution in [2.75, 3.05) is 13.2 Å². The van der Waals surface area contributed by atoms with Gasteiger partial charge in [0.05, 0.1) is 22.9 Å². The lowest BCUT2D eigenvalue weighted by Crippen LogP contribution is -2.09. The van der Waals surface area contributed by atoms with Crippen molar-refractivity contribution in [2.45, 2.75) is 13.5 Å². The van der Waals surface area contributed by atoms with Crippen molar-refractivity contribution in [1.29, 1.82) is 0 Å². The Hall–Kier alpha value is -1.24. The second-order valence-electron chi connectivity index (χ2n) is 3.65. The fraction of sp³-hybridized carbons (Fsp3) is 0.308. The molecule has 0 unspecified atom stereocenters. The van der Waals surface area contributed by atoms with Crippen LogP contribution in [0.3, 0.4) is 0 Å². The van der Waals surface area contributed by atoms with Crippen LogP contribution in [-0.4, -0.2) is 23.0 Å². The quantitative estimate of drug-likeness (QED) is 0.745. The molecule has 18 heavy (non-hydrogen) atoms. The molecule has 1 aromatic heterocycles. The van der Waals surface area contributed by atoms with Crippen molar-refractivity contribution in [3.63, 3.8) is 0 Å². The van der Waals surface area contributed by atoms with Gasteiger partial charge in [-0.15, -0.1) is 0 Å². The number of aromatic nitrogens is 2. The fourth-order valence-electron chi connectivity index (χ4n) is 1.55. The molecule has 0 radical (unpaired) electrons. The first-order valence-corrected chi connectivity index (χ1v) is 6.90. The van der Waals surface area contributed by atoms with E-state index >= 15 is 0 Å². The molecule has 0 saturated carbocycles. The topological polar surface area (TPSA) is 36.3 Å². The number of halogens is 1. The average molecular weight is 358 g/mol. The van der Waals surface area contributed by atoms with Crippen LogP contribution in [0, 0.1) is 3.57 Å². The van der Waals surface area contributed by atoms with Crippen molar-refractivity contribution in [1.82, 2.24) is 9.78 Å². The molecule has 0 spiro atoms. The maximum Gasteiger partial charge on any atom is 0.161 e. The second-order valence-corrected chi connectivity index (χ2v) is 4.90. The Bertz CT molecular complexity index is 499. The number of rotatable bonds is 6. The summed E-state index contributed by atoms with van der Waals surface area (Å²) in [7, 11) is 0. The van der Waals surface area contributed by atoms with Crippen molar-refractivity contribution < 1.29 is 9.47 Å². The zero-order valence-electron chi connectivity index (χ0n) is 10.2. The van der Waals surface area contributed by atoms with Crippen LogP contribution in [-0.2, 0) is 6.54 Å². The average Bonchev–Trinajstić information content (AvgIpc) is 2.78. The molecule has 0 aliphatic carbocycles. The van der Waals surface area contributed by atoms with Crippen molar-refractivity contribution in [2.24, 2.45) is 0 Å². The molecule has 0 bridgehead atoms. The van der Waals surface area contributed by atoms with Crippen molar-refractivity contribution in [3.8, 4) is 11.5 Å². The lowest BCUT2D eigenvalue weighted by molar-refractivity contribution is 0.262. The molecule has 0 aliphatic heterocycles. The standard InChI is InChI=1S/C13H15IN2O2/c1-2-17-12-5-3-4-6-13(12)18-8-7-16-10-11(14)9-15-16/h3-6,9-10H,2,7-8H2,1H3. The van der Waals surface area contributed by atoms with E-state index in [0.29, 0.717) is 13.2 Å². The zero-order chi connectivity index (χ0) is 12.8. The van der Waals surface area contributed by atoms with E-state index in [9.17, 15) is 0 Å². The number of nitrogens with zero attached hydrogens (tertiary/aromatic N) is 2. The summed E-state index contributed by atoms with van der Waals surface area (Å²) < 4.78 is 14.2. The molecule has 2 aromatic rings. The van der Waals surface area contributed by atoms with Crippen LogP contribution in [0.4, 0.5) is 0 Å². The predicted molar refractivity (Wildman–Crippen MR) is 78.1 cm³/mol. The smallest absolute Gasteiger partial charge is 0.161 e. The van der Waals surface area contributed by atoms with Gasteiger partial charge in [0.1, 0.15) is 6.61 Å². The number of hydrogen-bond acceptors (Lipinski definition) is 3. The summed E-state index contributed by atoms with van der Waals surface area (Å²) >= 11 is 2.24. The molecule has 1 heterocycles. The maximum absolute atomic E-state index is 5.71. The van der Waals surface area contributed by atoms with E-state index in [4.69, 9.17) is 9.47 Å². The summed E-state index contributed by atoms with van der Waals surface area (Å²) in [6.07, 6.45) is 3.81. The first kappa shape index (κ1) is 13.2. The highest BCUT2D eigenvalue weighted by molar-refractivity contribution is 14.1. The van der Waals surface area contributed by atoms with E-state index in [1.165, 1.54) is 0 Å². The van der Waals surface area contributed by atoms with Crippen LogP contribution in [0.15, 0.2) is 36.7 Å². The Kier molecular flexibility index (Phi) is 4.86. The highest BCUT2D eigenvalue weighted by atomic mass is 127. The fourth-order valence-corrected chi connectivity index (χ4v) is 2.00. The van der Waals surface area contributed by atoms with E-state index in [0.717, 1.165) is 21.6 Å². The SMILES string of the molecule is CCOc1ccccc1OCCn1cc(I)cn1. The summed E-state index contributed by atoms with van der Waals surface area (Å²) in [5.74, 6) is 1.57. The van der Waals surface area contributed by atoms with Crippen molar-refractivity contribution >= 4 is 22.6 Å². The summed E-state index contributed by atoms with van der Waals surface area (Å²) in [5.41, 5.74) is 0. The Morgan fingerprint density at radius 2 is 1.94 bits per heavy atom. The van der Waals surface area contributed by atoms with Crippen LogP contribution >= 0.6 is 22.6 Å². The summed E-state index contributed by atoms with van der Waals surface area (Å²) in [6, 6.07) is 7.70. The van der Waals surface area contributed by atoms with Gasteiger partial charge in [0.25, 0.3) is 0 Å². The van der Waals surface area contributed by atoms with Gasteiger partial charge in [-0.3, -0.25) is 4.68 Å². The van der Waals surface area contributed by atoms with Gasteiger partial charge < -0.3 is 9.47 Å². The maximum atomic E-state index is 5.71. The van der Waals surface area contributed by atoms with Crippen LogP contribution in [0.1, 0.15) is 6.92 Å². The third-order valence-corrected chi connectivity index (χ3v) is 2.89. The Morgan fingerprint density at radius 1 is 1.22 bits per heavy atom. The molecule has 0 amide bonds. The minimum absolute atomic E-state index is 0.571. The third-order valence-electron chi connectivity index (χ3n) is 2.33. The van der Waals surface area contributed by atoms with Crippen LogP contribution in [0.2, 0.25) is 0 Å². The largest absolute Gasteiger partial charge is 0.490 e. The number of hydrogen-bond donors (Lipinski definition) is 0. The van der Waals surface area contributed by atoms with E-state index in [1.54, 1.807) is 0 Å². The summed E-state index contributed by atoms with van der Waals surface area (Å²) in [4.78, 5) is 0. The van der Waals surface area contributed by atoms with Gasteiger partial charge in [-0.1, -0.05) is 12.1 Å². The molecule has 0 atom stereocenters. The number of ether oxygens (including phenoxy) is 2. The Morgan fingerprint density at radius 3 is 2.56 bits per heavy atom. The molecule has 5 heteroatoms. The van der Waals surface area contributed by atoms with Gasteiger partial charge in [-0.25, -0.2) is 0 Å². The third kappa shape index (κ3) is 3.63. The molecule has 4 nitrogen and oxygen atoms in total. The lowest BCUT2D eigenvalue weighted by Gasteiger charge is -2.11. The summed E-state index contributed by atoms with van der Waals surface area (Å²) in [6.45, 7) is 3.89. The molecule has 2 rings (SSSR count).